The van der Waals surface area contributed by atoms with Crippen LogP contribution in [0.5, 0.6) is 0 Å². The van der Waals surface area contributed by atoms with Crippen molar-refractivity contribution in [1.29, 1.82) is 0 Å². The van der Waals surface area contributed by atoms with Gasteiger partial charge in [0.2, 0.25) is 0 Å². The van der Waals surface area contributed by atoms with Crippen molar-refractivity contribution in [2.24, 2.45) is 5.92 Å². The molecule has 1 aliphatic heterocycles. The number of nitrogens with two attached hydrogens (primary N) is 1. The Balaban J connectivity index is 2.24. The fraction of sp³-hybridized carbons (Fsp3) is 0.571. The molecule has 0 radical (unpaired) electrons. The first kappa shape index (κ1) is 14.2. The summed E-state index contributed by atoms with van der Waals surface area (Å²) in [6.45, 7) is 5.93. The van der Waals surface area contributed by atoms with E-state index >= 15 is 0 Å². The maximum Gasteiger partial charge on any atom is 0.180 e. The predicted octanol–water partition coefficient (Wildman–Crippen LogP) is 2.30. The third-order valence-electron chi connectivity index (χ3n) is 3.86. The first-order valence-corrected chi connectivity index (χ1v) is 8.46. The second kappa shape index (κ2) is 5.41. The van der Waals surface area contributed by atoms with Gasteiger partial charge in [-0.15, -0.1) is 0 Å². The van der Waals surface area contributed by atoms with Crippen LogP contribution in [0, 0.1) is 5.92 Å². The van der Waals surface area contributed by atoms with Crippen LogP contribution in [0.1, 0.15) is 26.7 Å². The van der Waals surface area contributed by atoms with Gasteiger partial charge in [-0.25, -0.2) is 8.42 Å². The van der Waals surface area contributed by atoms with Crippen molar-refractivity contribution in [3.63, 3.8) is 0 Å². The molecule has 5 heteroatoms. The third kappa shape index (κ3) is 3.03. The van der Waals surface area contributed by atoms with Gasteiger partial charge in [-0.05, 0) is 37.0 Å². The van der Waals surface area contributed by atoms with Gasteiger partial charge in [-0.2, -0.15) is 0 Å². The molecular weight excluding hydrogens is 260 g/mol. The van der Waals surface area contributed by atoms with Gasteiger partial charge in [-0.3, -0.25) is 0 Å². The topological polar surface area (TPSA) is 63.4 Å². The minimum Gasteiger partial charge on any atom is -0.398 e. The van der Waals surface area contributed by atoms with E-state index in [1.807, 2.05) is 6.07 Å². The van der Waals surface area contributed by atoms with E-state index in [-0.39, 0.29) is 10.6 Å². The molecule has 0 aromatic heterocycles. The summed E-state index contributed by atoms with van der Waals surface area (Å²) >= 11 is 0. The maximum atomic E-state index is 11.9. The van der Waals surface area contributed by atoms with Crippen LogP contribution in [0.25, 0.3) is 0 Å². The van der Waals surface area contributed by atoms with Crippen molar-refractivity contribution < 1.29 is 8.42 Å². The molecule has 19 heavy (non-hydrogen) atoms. The number of nitrogens with zero attached hydrogens (tertiary/aromatic N) is 1. The Morgan fingerprint density at radius 3 is 2.47 bits per heavy atom. The SMILES string of the molecule is CCS(=O)(=O)c1ccc(N2CCC(C)CC2)cc1N. The number of hydrogen-bond donors (Lipinski definition) is 1. The molecule has 106 valence electrons. The highest BCUT2D eigenvalue weighted by atomic mass is 32.2. The van der Waals surface area contributed by atoms with Crippen LogP contribution >= 0.6 is 0 Å². The van der Waals surface area contributed by atoms with Crippen LogP contribution in [0.15, 0.2) is 23.1 Å². The summed E-state index contributed by atoms with van der Waals surface area (Å²) in [6, 6.07) is 5.30. The fourth-order valence-electron chi connectivity index (χ4n) is 2.44. The molecule has 1 aromatic rings. The van der Waals surface area contributed by atoms with E-state index in [1.165, 1.54) is 12.8 Å². The number of piperidine rings is 1. The molecule has 0 spiro atoms. The highest BCUT2D eigenvalue weighted by Gasteiger charge is 2.19. The minimum atomic E-state index is -3.23. The zero-order chi connectivity index (χ0) is 14.0. The van der Waals surface area contributed by atoms with Gasteiger partial charge < -0.3 is 10.6 Å². The smallest absolute Gasteiger partial charge is 0.180 e. The molecule has 4 nitrogen and oxygen atoms in total. The number of nitrogen functional groups attached to an aromatic ring is 1. The van der Waals surface area contributed by atoms with Crippen LogP contribution in [0.2, 0.25) is 0 Å². The van der Waals surface area contributed by atoms with Gasteiger partial charge >= 0.3 is 0 Å². The standard InChI is InChI=1S/C14H22N2O2S/c1-3-19(17,18)14-5-4-12(10-13(14)15)16-8-6-11(2)7-9-16/h4-5,10-11H,3,6-9,15H2,1-2H3. The van der Waals surface area contributed by atoms with E-state index in [4.69, 9.17) is 5.73 Å². The van der Waals surface area contributed by atoms with Crippen molar-refractivity contribution in [2.45, 2.75) is 31.6 Å². The van der Waals surface area contributed by atoms with Crippen LogP contribution in [0.3, 0.4) is 0 Å². The summed E-state index contributed by atoms with van der Waals surface area (Å²) in [5.41, 5.74) is 7.30. The van der Waals surface area contributed by atoms with E-state index in [1.54, 1.807) is 19.1 Å². The number of hydrogen-bond acceptors (Lipinski definition) is 4. The Morgan fingerprint density at radius 2 is 1.95 bits per heavy atom. The van der Waals surface area contributed by atoms with Crippen LogP contribution in [-0.4, -0.2) is 27.3 Å². The van der Waals surface area contributed by atoms with Gasteiger partial charge in [0.15, 0.2) is 9.84 Å². The molecule has 0 saturated carbocycles. The van der Waals surface area contributed by atoms with Crippen LogP contribution in [-0.2, 0) is 9.84 Å². The van der Waals surface area contributed by atoms with Crippen molar-refractivity contribution >= 4 is 21.2 Å². The number of rotatable bonds is 3. The Bertz CT molecular complexity index is 547. The normalized spacial score (nSPS) is 17.7. The van der Waals surface area contributed by atoms with Gasteiger partial charge in [0, 0.05) is 18.8 Å². The monoisotopic (exact) mass is 282 g/mol. The molecule has 0 atom stereocenters. The first-order valence-electron chi connectivity index (χ1n) is 6.81. The van der Waals surface area contributed by atoms with E-state index in [2.05, 4.69) is 11.8 Å². The molecule has 0 unspecified atom stereocenters. The molecule has 1 fully saturated rings. The van der Waals surface area contributed by atoms with Crippen molar-refractivity contribution in [2.75, 3.05) is 29.5 Å². The lowest BCUT2D eigenvalue weighted by Crippen LogP contribution is -2.32. The average Bonchev–Trinajstić information content (AvgIpc) is 2.39. The molecule has 1 aliphatic rings. The summed E-state index contributed by atoms with van der Waals surface area (Å²) in [5.74, 6) is 0.853. The third-order valence-corrected chi connectivity index (χ3v) is 5.66. The zero-order valence-corrected chi connectivity index (χ0v) is 12.4. The van der Waals surface area contributed by atoms with E-state index in [9.17, 15) is 8.42 Å². The highest BCUT2D eigenvalue weighted by molar-refractivity contribution is 7.91. The average molecular weight is 282 g/mol. The maximum absolute atomic E-state index is 11.9. The number of sulfone groups is 1. The van der Waals surface area contributed by atoms with Crippen LogP contribution < -0.4 is 10.6 Å². The van der Waals surface area contributed by atoms with Crippen LogP contribution in [0.4, 0.5) is 11.4 Å². The van der Waals surface area contributed by atoms with E-state index in [0.717, 1.165) is 24.7 Å². The number of anilines is 2. The molecule has 0 aliphatic carbocycles. The Morgan fingerprint density at radius 1 is 1.32 bits per heavy atom. The number of benzene rings is 1. The Hall–Kier alpha value is -1.23. The molecule has 0 bridgehead atoms. The molecule has 1 heterocycles. The quantitative estimate of drug-likeness (QED) is 0.864. The summed E-state index contributed by atoms with van der Waals surface area (Å²) < 4.78 is 23.7. The Labute approximate surface area is 115 Å². The summed E-state index contributed by atoms with van der Waals surface area (Å²) in [4.78, 5) is 2.53. The van der Waals surface area contributed by atoms with Crippen molar-refractivity contribution in [3.8, 4) is 0 Å². The zero-order valence-electron chi connectivity index (χ0n) is 11.6. The lowest BCUT2D eigenvalue weighted by atomic mass is 9.99. The lowest BCUT2D eigenvalue weighted by molar-refractivity contribution is 0.438. The molecular formula is C14H22N2O2S. The highest BCUT2D eigenvalue weighted by Crippen LogP contribution is 2.28. The Kier molecular flexibility index (Phi) is 4.04. The molecule has 0 amide bonds. The molecule has 1 aromatic carbocycles. The van der Waals surface area contributed by atoms with E-state index < -0.39 is 9.84 Å². The summed E-state index contributed by atoms with van der Waals surface area (Å²) in [5, 5.41) is 0. The first-order chi connectivity index (χ1) is 8.94. The van der Waals surface area contributed by atoms with Gasteiger partial charge in [0.1, 0.15) is 0 Å². The summed E-state index contributed by atoms with van der Waals surface area (Å²) in [6.07, 6.45) is 2.35. The predicted molar refractivity (Wildman–Crippen MR) is 79.2 cm³/mol. The molecule has 2 N–H and O–H groups in total. The molecule has 2 rings (SSSR count). The minimum absolute atomic E-state index is 0.0811. The van der Waals surface area contributed by atoms with E-state index in [0.29, 0.717) is 5.69 Å². The van der Waals surface area contributed by atoms with Gasteiger partial charge in [0.25, 0.3) is 0 Å². The largest absolute Gasteiger partial charge is 0.398 e. The van der Waals surface area contributed by atoms with Gasteiger partial charge in [0.05, 0.1) is 16.3 Å². The second-order valence-electron chi connectivity index (χ2n) is 5.30. The van der Waals surface area contributed by atoms with Crippen molar-refractivity contribution in [3.05, 3.63) is 18.2 Å². The molecule has 1 saturated heterocycles. The second-order valence-corrected chi connectivity index (χ2v) is 7.54. The summed E-state index contributed by atoms with van der Waals surface area (Å²) in [7, 11) is -3.23. The fourth-order valence-corrected chi connectivity index (χ4v) is 3.44. The van der Waals surface area contributed by atoms with Crippen molar-refractivity contribution in [1.82, 2.24) is 0 Å². The lowest BCUT2D eigenvalue weighted by Gasteiger charge is -2.32. The van der Waals surface area contributed by atoms with Gasteiger partial charge in [-0.1, -0.05) is 13.8 Å².